The molecule has 0 saturated carbocycles. The van der Waals surface area contributed by atoms with Crippen LogP contribution in [-0.4, -0.2) is 25.3 Å². The summed E-state index contributed by atoms with van der Waals surface area (Å²) < 4.78 is 13.4. The first-order chi connectivity index (χ1) is 6.52. The van der Waals surface area contributed by atoms with E-state index in [9.17, 15) is 9.50 Å². The summed E-state index contributed by atoms with van der Waals surface area (Å²) in [5.41, 5.74) is 1.40. The molecule has 0 amide bonds. The fraction of sp³-hybridized carbons (Fsp3) is 0.455. The molecule has 14 heavy (non-hydrogen) atoms. The molecule has 0 radical (unpaired) electrons. The summed E-state index contributed by atoms with van der Waals surface area (Å²) in [6.45, 7) is 1.66. The Morgan fingerprint density at radius 1 is 1.43 bits per heavy atom. The Labute approximate surface area is 84.0 Å². The van der Waals surface area contributed by atoms with E-state index in [1.54, 1.807) is 13.0 Å². The highest BCUT2D eigenvalue weighted by Gasteiger charge is 2.11. The summed E-state index contributed by atoms with van der Waals surface area (Å²) in [4.78, 5) is 1.85. The van der Waals surface area contributed by atoms with Gasteiger partial charge in [0.05, 0.1) is 6.10 Å². The zero-order valence-electron chi connectivity index (χ0n) is 8.79. The molecule has 1 N–H and O–H groups in total. The van der Waals surface area contributed by atoms with Gasteiger partial charge in [0.25, 0.3) is 0 Å². The van der Waals surface area contributed by atoms with Crippen LogP contribution in [-0.2, 0) is 6.42 Å². The minimum Gasteiger partial charge on any atom is -0.393 e. The van der Waals surface area contributed by atoms with Crippen molar-refractivity contribution in [2.45, 2.75) is 19.4 Å². The van der Waals surface area contributed by atoms with E-state index in [1.807, 2.05) is 25.1 Å². The van der Waals surface area contributed by atoms with E-state index < -0.39 is 6.10 Å². The van der Waals surface area contributed by atoms with Gasteiger partial charge >= 0.3 is 0 Å². The first kappa shape index (κ1) is 11.0. The molecule has 0 aliphatic carbocycles. The van der Waals surface area contributed by atoms with E-state index in [2.05, 4.69) is 0 Å². The van der Waals surface area contributed by atoms with Gasteiger partial charge < -0.3 is 10.0 Å². The molecule has 0 aliphatic rings. The van der Waals surface area contributed by atoms with E-state index in [0.717, 1.165) is 5.69 Å². The van der Waals surface area contributed by atoms with Gasteiger partial charge in [-0.25, -0.2) is 4.39 Å². The largest absolute Gasteiger partial charge is 0.393 e. The number of hydrogen-bond acceptors (Lipinski definition) is 2. The fourth-order valence-corrected chi connectivity index (χ4v) is 1.46. The van der Waals surface area contributed by atoms with E-state index >= 15 is 0 Å². The SMILES string of the molecule is CC(O)Cc1c(F)cccc1N(C)C. The summed E-state index contributed by atoms with van der Waals surface area (Å²) in [5.74, 6) is -0.253. The lowest BCUT2D eigenvalue weighted by molar-refractivity contribution is 0.194. The average molecular weight is 197 g/mol. The second kappa shape index (κ2) is 4.42. The smallest absolute Gasteiger partial charge is 0.128 e. The van der Waals surface area contributed by atoms with Gasteiger partial charge in [-0.15, -0.1) is 0 Å². The zero-order valence-corrected chi connectivity index (χ0v) is 8.79. The number of rotatable bonds is 3. The topological polar surface area (TPSA) is 23.5 Å². The molecule has 78 valence electrons. The van der Waals surface area contributed by atoms with Crippen LogP contribution in [0.5, 0.6) is 0 Å². The van der Waals surface area contributed by atoms with Crippen LogP contribution in [0.3, 0.4) is 0 Å². The Bertz CT molecular complexity index is 310. The van der Waals surface area contributed by atoms with Crippen molar-refractivity contribution in [1.82, 2.24) is 0 Å². The van der Waals surface area contributed by atoms with Crippen molar-refractivity contribution in [2.75, 3.05) is 19.0 Å². The van der Waals surface area contributed by atoms with Gasteiger partial charge in [0.2, 0.25) is 0 Å². The molecule has 1 rings (SSSR count). The van der Waals surface area contributed by atoms with Crippen molar-refractivity contribution in [1.29, 1.82) is 0 Å². The molecule has 1 unspecified atom stereocenters. The van der Waals surface area contributed by atoms with Crippen LogP contribution >= 0.6 is 0 Å². The van der Waals surface area contributed by atoms with Crippen LogP contribution in [0.2, 0.25) is 0 Å². The quantitative estimate of drug-likeness (QED) is 0.799. The predicted molar refractivity (Wildman–Crippen MR) is 56.1 cm³/mol. The summed E-state index contributed by atoms with van der Waals surface area (Å²) in [6, 6.07) is 4.95. The van der Waals surface area contributed by atoms with E-state index in [1.165, 1.54) is 6.07 Å². The van der Waals surface area contributed by atoms with Crippen molar-refractivity contribution in [3.63, 3.8) is 0 Å². The van der Waals surface area contributed by atoms with Crippen molar-refractivity contribution in [3.05, 3.63) is 29.6 Å². The van der Waals surface area contributed by atoms with Crippen molar-refractivity contribution < 1.29 is 9.50 Å². The van der Waals surface area contributed by atoms with Gasteiger partial charge in [0, 0.05) is 31.8 Å². The van der Waals surface area contributed by atoms with E-state index in [0.29, 0.717) is 12.0 Å². The zero-order chi connectivity index (χ0) is 10.7. The Kier molecular flexibility index (Phi) is 3.47. The molecule has 0 heterocycles. The second-order valence-electron chi connectivity index (χ2n) is 3.69. The van der Waals surface area contributed by atoms with Crippen molar-refractivity contribution >= 4 is 5.69 Å². The summed E-state index contributed by atoms with van der Waals surface area (Å²) >= 11 is 0. The molecule has 3 heteroatoms. The number of anilines is 1. The monoisotopic (exact) mass is 197 g/mol. The average Bonchev–Trinajstić information content (AvgIpc) is 2.07. The summed E-state index contributed by atoms with van der Waals surface area (Å²) in [7, 11) is 3.72. The van der Waals surface area contributed by atoms with Crippen LogP contribution in [0.1, 0.15) is 12.5 Å². The van der Waals surface area contributed by atoms with Gasteiger partial charge in [-0.3, -0.25) is 0 Å². The number of hydrogen-bond donors (Lipinski definition) is 1. The highest BCUT2D eigenvalue weighted by molar-refractivity contribution is 5.53. The maximum absolute atomic E-state index is 13.4. The molecule has 1 aromatic carbocycles. The molecule has 0 aromatic heterocycles. The minimum atomic E-state index is -0.523. The number of aliphatic hydroxyl groups is 1. The van der Waals surface area contributed by atoms with Crippen molar-refractivity contribution in [2.24, 2.45) is 0 Å². The Morgan fingerprint density at radius 2 is 2.07 bits per heavy atom. The molecule has 0 bridgehead atoms. The molecule has 1 aromatic rings. The lowest BCUT2D eigenvalue weighted by Crippen LogP contribution is -2.15. The number of halogens is 1. The predicted octanol–water partition coefficient (Wildman–Crippen LogP) is 1.81. The maximum atomic E-state index is 13.4. The van der Waals surface area contributed by atoms with Gasteiger partial charge in [-0.05, 0) is 19.1 Å². The van der Waals surface area contributed by atoms with Gasteiger partial charge in [-0.2, -0.15) is 0 Å². The first-order valence-corrected chi connectivity index (χ1v) is 4.65. The Morgan fingerprint density at radius 3 is 2.57 bits per heavy atom. The molecule has 0 fully saturated rings. The first-order valence-electron chi connectivity index (χ1n) is 4.65. The maximum Gasteiger partial charge on any atom is 0.128 e. The fourth-order valence-electron chi connectivity index (χ4n) is 1.46. The third-order valence-electron chi connectivity index (χ3n) is 2.08. The minimum absolute atomic E-state index is 0.253. The third kappa shape index (κ3) is 2.45. The van der Waals surface area contributed by atoms with Crippen molar-refractivity contribution in [3.8, 4) is 0 Å². The molecular weight excluding hydrogens is 181 g/mol. The third-order valence-corrected chi connectivity index (χ3v) is 2.08. The highest BCUT2D eigenvalue weighted by Crippen LogP contribution is 2.22. The van der Waals surface area contributed by atoms with Crippen LogP contribution in [0.15, 0.2) is 18.2 Å². The van der Waals surface area contributed by atoms with Crippen LogP contribution < -0.4 is 4.90 Å². The molecule has 0 aliphatic heterocycles. The molecule has 0 saturated heterocycles. The van der Waals surface area contributed by atoms with Gasteiger partial charge in [0.15, 0.2) is 0 Å². The molecule has 0 spiro atoms. The Hall–Kier alpha value is -1.09. The van der Waals surface area contributed by atoms with Crippen LogP contribution in [0, 0.1) is 5.82 Å². The van der Waals surface area contributed by atoms with Gasteiger partial charge in [0.1, 0.15) is 5.82 Å². The summed E-state index contributed by atoms with van der Waals surface area (Å²) in [6.07, 6.45) is -0.175. The normalized spacial score (nSPS) is 12.6. The lowest BCUT2D eigenvalue weighted by Gasteiger charge is -2.18. The number of aliphatic hydroxyl groups excluding tert-OH is 1. The van der Waals surface area contributed by atoms with E-state index in [4.69, 9.17) is 0 Å². The molecule has 1 atom stereocenters. The van der Waals surface area contributed by atoms with E-state index in [-0.39, 0.29) is 5.82 Å². The Balaban J connectivity index is 3.09. The van der Waals surface area contributed by atoms with Crippen LogP contribution in [0.4, 0.5) is 10.1 Å². The van der Waals surface area contributed by atoms with Crippen LogP contribution in [0.25, 0.3) is 0 Å². The second-order valence-corrected chi connectivity index (χ2v) is 3.69. The van der Waals surface area contributed by atoms with Gasteiger partial charge in [-0.1, -0.05) is 6.07 Å². The molecule has 2 nitrogen and oxygen atoms in total. The number of benzene rings is 1. The standard InChI is InChI=1S/C11H16FNO/c1-8(14)7-9-10(12)5-4-6-11(9)13(2)3/h4-6,8,14H,7H2,1-3H3. The summed E-state index contributed by atoms with van der Waals surface area (Å²) in [5, 5.41) is 9.25. The lowest BCUT2D eigenvalue weighted by atomic mass is 10.1. The molecular formula is C11H16FNO. The highest BCUT2D eigenvalue weighted by atomic mass is 19.1. The number of nitrogens with zero attached hydrogens (tertiary/aromatic N) is 1.